The molecule has 0 fully saturated rings. The van der Waals surface area contributed by atoms with Crippen LogP contribution in [0.2, 0.25) is 15.1 Å². The second-order valence-corrected chi connectivity index (χ2v) is 5.72. The van der Waals surface area contributed by atoms with Crippen LogP contribution in [-0.2, 0) is 20.9 Å². The maximum atomic E-state index is 11.6. The summed E-state index contributed by atoms with van der Waals surface area (Å²) >= 11 is 17.5. The standard InChI is InChI=1S/C15H12Cl3NO5/c16-10-4-12(18)13(5-11(10)17)23-8-15(21)24-7-14(20)19-6-9-2-1-3-22-9/h1-5H,6-8H2,(H,19,20). The number of rotatable bonds is 7. The van der Waals surface area contributed by atoms with Crippen molar-refractivity contribution in [2.24, 2.45) is 0 Å². The van der Waals surface area contributed by atoms with E-state index in [9.17, 15) is 9.59 Å². The van der Waals surface area contributed by atoms with Crippen molar-refractivity contribution in [3.63, 3.8) is 0 Å². The number of amides is 1. The summed E-state index contributed by atoms with van der Waals surface area (Å²) in [6.07, 6.45) is 1.49. The molecule has 9 heteroatoms. The van der Waals surface area contributed by atoms with Gasteiger partial charge in [-0.1, -0.05) is 34.8 Å². The monoisotopic (exact) mass is 391 g/mol. The number of carbonyl (C=O) groups is 2. The van der Waals surface area contributed by atoms with E-state index in [1.165, 1.54) is 18.4 Å². The molecule has 0 saturated carbocycles. The Hall–Kier alpha value is -1.89. The molecule has 2 aromatic rings. The summed E-state index contributed by atoms with van der Waals surface area (Å²) < 4.78 is 15.0. The molecule has 1 aromatic heterocycles. The highest BCUT2D eigenvalue weighted by atomic mass is 35.5. The van der Waals surface area contributed by atoms with E-state index in [0.29, 0.717) is 5.76 Å². The van der Waals surface area contributed by atoms with Crippen molar-refractivity contribution >= 4 is 46.7 Å². The highest BCUT2D eigenvalue weighted by Crippen LogP contribution is 2.33. The first-order valence-corrected chi connectivity index (χ1v) is 7.81. The molecule has 2 rings (SSSR count). The Morgan fingerprint density at radius 3 is 2.54 bits per heavy atom. The number of carbonyl (C=O) groups excluding carboxylic acids is 2. The van der Waals surface area contributed by atoms with E-state index in [-0.39, 0.29) is 27.4 Å². The molecule has 0 spiro atoms. The molecule has 6 nitrogen and oxygen atoms in total. The maximum absolute atomic E-state index is 11.6. The number of furan rings is 1. The van der Waals surface area contributed by atoms with Crippen molar-refractivity contribution in [3.05, 3.63) is 51.4 Å². The van der Waals surface area contributed by atoms with E-state index in [4.69, 9.17) is 48.7 Å². The summed E-state index contributed by atoms with van der Waals surface area (Å²) in [6.45, 7) is -0.653. The molecule has 0 aliphatic carbocycles. The third-order valence-electron chi connectivity index (χ3n) is 2.72. The molecule has 0 atom stereocenters. The SMILES string of the molecule is O=C(COC(=O)COc1cc(Cl)c(Cl)cc1Cl)NCc1ccco1. The fraction of sp³-hybridized carbons (Fsp3) is 0.200. The average molecular weight is 393 g/mol. The lowest BCUT2D eigenvalue weighted by Gasteiger charge is -2.09. The van der Waals surface area contributed by atoms with Gasteiger partial charge in [0.1, 0.15) is 11.5 Å². The lowest BCUT2D eigenvalue weighted by Crippen LogP contribution is -2.29. The molecular formula is C15H12Cl3NO5. The van der Waals surface area contributed by atoms with Crippen LogP contribution in [0.3, 0.4) is 0 Å². The molecule has 0 unspecified atom stereocenters. The summed E-state index contributed by atoms with van der Waals surface area (Å²) in [4.78, 5) is 23.1. The van der Waals surface area contributed by atoms with Crippen LogP contribution in [0.1, 0.15) is 5.76 Å². The molecule has 0 radical (unpaired) electrons. The molecule has 0 aliphatic heterocycles. The normalized spacial score (nSPS) is 10.3. The van der Waals surface area contributed by atoms with Gasteiger partial charge in [0, 0.05) is 6.07 Å². The number of hydrogen-bond donors (Lipinski definition) is 1. The lowest BCUT2D eigenvalue weighted by atomic mass is 10.3. The molecular weight excluding hydrogens is 381 g/mol. The molecule has 24 heavy (non-hydrogen) atoms. The van der Waals surface area contributed by atoms with Crippen LogP contribution in [0.25, 0.3) is 0 Å². The number of ether oxygens (including phenoxy) is 2. The van der Waals surface area contributed by atoms with Gasteiger partial charge in [-0.2, -0.15) is 0 Å². The van der Waals surface area contributed by atoms with Crippen molar-refractivity contribution in [2.45, 2.75) is 6.54 Å². The van der Waals surface area contributed by atoms with E-state index in [1.807, 2.05) is 0 Å². The summed E-state index contributed by atoms with van der Waals surface area (Å²) in [5, 5.41) is 3.24. The van der Waals surface area contributed by atoms with Crippen LogP contribution in [0.5, 0.6) is 5.75 Å². The van der Waals surface area contributed by atoms with Crippen LogP contribution in [-0.4, -0.2) is 25.1 Å². The second-order valence-electron chi connectivity index (χ2n) is 4.50. The van der Waals surface area contributed by atoms with E-state index >= 15 is 0 Å². The molecule has 0 saturated heterocycles. The first-order chi connectivity index (χ1) is 11.5. The van der Waals surface area contributed by atoms with E-state index < -0.39 is 25.1 Å². The van der Waals surface area contributed by atoms with E-state index in [0.717, 1.165) is 0 Å². The van der Waals surface area contributed by atoms with Crippen LogP contribution in [0.4, 0.5) is 0 Å². The quantitative estimate of drug-likeness (QED) is 0.576. The van der Waals surface area contributed by atoms with Crippen LogP contribution >= 0.6 is 34.8 Å². The summed E-state index contributed by atoms with van der Waals surface area (Å²) in [7, 11) is 0. The van der Waals surface area contributed by atoms with Gasteiger partial charge in [-0.3, -0.25) is 4.79 Å². The lowest BCUT2D eigenvalue weighted by molar-refractivity contribution is -0.150. The van der Waals surface area contributed by atoms with Crippen molar-refractivity contribution in [2.75, 3.05) is 13.2 Å². The first-order valence-electron chi connectivity index (χ1n) is 6.67. The van der Waals surface area contributed by atoms with Crippen LogP contribution in [0.15, 0.2) is 34.9 Å². The van der Waals surface area contributed by atoms with Crippen molar-refractivity contribution in [3.8, 4) is 5.75 Å². The van der Waals surface area contributed by atoms with Crippen molar-refractivity contribution < 1.29 is 23.5 Å². The van der Waals surface area contributed by atoms with Crippen molar-refractivity contribution in [1.29, 1.82) is 0 Å². The molecule has 1 heterocycles. The van der Waals surface area contributed by atoms with Gasteiger partial charge in [-0.15, -0.1) is 0 Å². The number of benzene rings is 1. The second kappa shape index (κ2) is 8.82. The molecule has 1 aromatic carbocycles. The maximum Gasteiger partial charge on any atom is 0.344 e. The Balaban J connectivity index is 1.71. The highest BCUT2D eigenvalue weighted by molar-refractivity contribution is 6.43. The molecule has 128 valence electrons. The number of nitrogens with one attached hydrogen (secondary N) is 1. The largest absolute Gasteiger partial charge is 0.480 e. The summed E-state index contributed by atoms with van der Waals surface area (Å²) in [6, 6.07) is 6.19. The Bertz CT molecular complexity index is 718. The van der Waals surface area contributed by atoms with Crippen molar-refractivity contribution in [1.82, 2.24) is 5.32 Å². The zero-order valence-corrected chi connectivity index (χ0v) is 14.5. The van der Waals surface area contributed by atoms with Gasteiger partial charge >= 0.3 is 5.97 Å². The first kappa shape index (κ1) is 18.4. The minimum absolute atomic E-state index is 0.185. The van der Waals surface area contributed by atoms with Gasteiger partial charge in [0.2, 0.25) is 0 Å². The topological polar surface area (TPSA) is 77.8 Å². The van der Waals surface area contributed by atoms with E-state index in [1.54, 1.807) is 12.1 Å². The van der Waals surface area contributed by atoms with Gasteiger partial charge < -0.3 is 19.2 Å². The smallest absolute Gasteiger partial charge is 0.344 e. The zero-order valence-electron chi connectivity index (χ0n) is 12.2. The predicted molar refractivity (Wildman–Crippen MR) is 88.5 cm³/mol. The molecule has 0 bridgehead atoms. The Morgan fingerprint density at radius 1 is 1.08 bits per heavy atom. The fourth-order valence-corrected chi connectivity index (χ4v) is 2.18. The van der Waals surface area contributed by atoms with Gasteiger partial charge in [-0.05, 0) is 18.2 Å². The Morgan fingerprint density at radius 2 is 1.83 bits per heavy atom. The summed E-state index contributed by atoms with van der Waals surface area (Å²) in [5.74, 6) is -0.421. The third kappa shape index (κ3) is 5.63. The predicted octanol–water partition coefficient (Wildman–Crippen LogP) is 3.48. The van der Waals surface area contributed by atoms with Gasteiger partial charge in [0.05, 0.1) is 27.9 Å². The van der Waals surface area contributed by atoms with E-state index in [2.05, 4.69) is 5.32 Å². The number of halogens is 3. The van der Waals surface area contributed by atoms with Crippen LogP contribution in [0, 0.1) is 0 Å². The third-order valence-corrected chi connectivity index (χ3v) is 3.74. The fourth-order valence-electron chi connectivity index (χ4n) is 1.59. The molecule has 1 amide bonds. The Labute approximate surface area is 152 Å². The zero-order chi connectivity index (χ0) is 17.5. The Kier molecular flexibility index (Phi) is 6.78. The summed E-state index contributed by atoms with van der Waals surface area (Å²) in [5.41, 5.74) is 0. The number of esters is 1. The number of hydrogen-bond acceptors (Lipinski definition) is 5. The van der Waals surface area contributed by atoms with Gasteiger partial charge in [0.25, 0.3) is 5.91 Å². The van der Waals surface area contributed by atoms with Gasteiger partial charge in [-0.25, -0.2) is 4.79 Å². The molecule has 0 aliphatic rings. The molecule has 1 N–H and O–H groups in total. The van der Waals surface area contributed by atoms with Crippen LogP contribution < -0.4 is 10.1 Å². The van der Waals surface area contributed by atoms with Gasteiger partial charge in [0.15, 0.2) is 13.2 Å². The highest BCUT2D eigenvalue weighted by Gasteiger charge is 2.12. The average Bonchev–Trinajstić information content (AvgIpc) is 3.06. The minimum atomic E-state index is -0.731. The minimum Gasteiger partial charge on any atom is -0.480 e.